The predicted octanol–water partition coefficient (Wildman–Crippen LogP) is -1.44. The smallest absolute Gasteiger partial charge is 0.423 e. The summed E-state index contributed by atoms with van der Waals surface area (Å²) in [5, 5.41) is 28.1. The molecule has 0 unspecified atom stereocenters. The first-order valence-corrected chi connectivity index (χ1v) is 5.18. The zero-order chi connectivity index (χ0) is 13.3. The fourth-order valence-electron chi connectivity index (χ4n) is 1.72. The maximum Gasteiger partial charge on any atom is 0.488 e. The number of carbonyl (C=O) groups excluding carboxylic acids is 1. The molecule has 0 aliphatic carbocycles. The van der Waals surface area contributed by atoms with Gasteiger partial charge in [0, 0.05) is 5.56 Å². The van der Waals surface area contributed by atoms with Crippen molar-refractivity contribution in [3.63, 3.8) is 0 Å². The van der Waals surface area contributed by atoms with Crippen LogP contribution in [0.25, 0.3) is 11.3 Å². The zero-order valence-electron chi connectivity index (χ0n) is 9.58. The quantitative estimate of drug-likeness (QED) is 0.493. The Morgan fingerprint density at radius 2 is 2.11 bits per heavy atom. The largest absolute Gasteiger partial charge is 0.488 e. The molecule has 8 heteroatoms. The topological polar surface area (TPSA) is 125 Å². The average molecular weight is 246 g/mol. The molecule has 1 heterocycles. The zero-order valence-corrected chi connectivity index (χ0v) is 9.58. The monoisotopic (exact) mass is 246 g/mol. The second-order valence-corrected chi connectivity index (χ2v) is 3.83. The van der Waals surface area contributed by atoms with Crippen LogP contribution in [0.5, 0.6) is 0 Å². The van der Waals surface area contributed by atoms with Crippen molar-refractivity contribution in [2.24, 2.45) is 5.73 Å². The first-order chi connectivity index (χ1) is 8.50. The van der Waals surface area contributed by atoms with E-state index in [4.69, 9.17) is 15.8 Å². The van der Waals surface area contributed by atoms with Gasteiger partial charge in [0.15, 0.2) is 5.69 Å². The lowest BCUT2D eigenvalue weighted by atomic mass is 9.77. The lowest BCUT2D eigenvalue weighted by molar-refractivity contribution is 0.0996. The summed E-state index contributed by atoms with van der Waals surface area (Å²) < 4.78 is 0. The van der Waals surface area contributed by atoms with Crippen LogP contribution >= 0.6 is 0 Å². The van der Waals surface area contributed by atoms with E-state index in [1.54, 1.807) is 25.1 Å². The lowest BCUT2D eigenvalue weighted by Gasteiger charge is -2.06. The average Bonchev–Trinajstić information content (AvgIpc) is 2.77. The highest BCUT2D eigenvalue weighted by atomic mass is 16.4. The van der Waals surface area contributed by atoms with Crippen molar-refractivity contribution >= 4 is 18.5 Å². The molecule has 0 spiro atoms. The standard InChI is InChI=1S/C10H11BN4O3/c1-5-4-6(2-3-7(5)11(17)18)8-9(10(12)16)14-15-13-8/h2-4,17-18H,1H3,(H2,12,16)(H,13,14,15). The summed E-state index contributed by atoms with van der Waals surface area (Å²) in [6, 6.07) is 4.85. The molecule has 92 valence electrons. The van der Waals surface area contributed by atoms with Gasteiger partial charge in [-0.3, -0.25) is 4.79 Å². The van der Waals surface area contributed by atoms with Crippen LogP contribution < -0.4 is 11.2 Å². The minimum atomic E-state index is -1.54. The number of nitrogens with one attached hydrogen (secondary N) is 1. The summed E-state index contributed by atoms with van der Waals surface area (Å²) in [5.41, 5.74) is 7.24. The first-order valence-electron chi connectivity index (χ1n) is 5.18. The molecule has 1 amide bonds. The molecule has 18 heavy (non-hydrogen) atoms. The molecule has 2 aromatic rings. The van der Waals surface area contributed by atoms with Crippen LogP contribution in [0.2, 0.25) is 0 Å². The molecule has 0 saturated heterocycles. The van der Waals surface area contributed by atoms with Gasteiger partial charge in [0.25, 0.3) is 5.91 Å². The van der Waals surface area contributed by atoms with Gasteiger partial charge in [-0.15, -0.1) is 0 Å². The number of hydrogen-bond acceptors (Lipinski definition) is 5. The van der Waals surface area contributed by atoms with Crippen molar-refractivity contribution in [1.29, 1.82) is 0 Å². The number of nitrogens with zero attached hydrogens (tertiary/aromatic N) is 2. The SMILES string of the molecule is Cc1cc(-c2n[nH]nc2C(N)=O)ccc1B(O)O. The summed E-state index contributed by atoms with van der Waals surface area (Å²) >= 11 is 0. The van der Waals surface area contributed by atoms with Crippen LogP contribution in [0.15, 0.2) is 18.2 Å². The molecule has 1 aromatic carbocycles. The number of primary amides is 1. The Morgan fingerprint density at radius 3 is 2.67 bits per heavy atom. The second kappa shape index (κ2) is 4.59. The summed E-state index contributed by atoms with van der Waals surface area (Å²) in [6.45, 7) is 1.72. The van der Waals surface area contributed by atoms with E-state index in [2.05, 4.69) is 15.4 Å². The Balaban J connectivity index is 2.49. The van der Waals surface area contributed by atoms with Gasteiger partial charge in [-0.25, -0.2) is 0 Å². The number of rotatable bonds is 3. The van der Waals surface area contributed by atoms with E-state index in [1.807, 2.05) is 0 Å². The van der Waals surface area contributed by atoms with Crippen molar-refractivity contribution < 1.29 is 14.8 Å². The van der Waals surface area contributed by atoms with Gasteiger partial charge in [0.1, 0.15) is 5.69 Å². The van der Waals surface area contributed by atoms with Crippen LogP contribution in [0, 0.1) is 6.92 Å². The van der Waals surface area contributed by atoms with Crippen LogP contribution in [-0.2, 0) is 0 Å². The number of H-pyrrole nitrogens is 1. The highest BCUT2D eigenvalue weighted by Crippen LogP contribution is 2.19. The fourth-order valence-corrected chi connectivity index (χ4v) is 1.72. The van der Waals surface area contributed by atoms with Gasteiger partial charge < -0.3 is 15.8 Å². The number of hydrogen-bond donors (Lipinski definition) is 4. The number of benzene rings is 1. The number of aromatic amines is 1. The van der Waals surface area contributed by atoms with Gasteiger partial charge in [-0.2, -0.15) is 15.4 Å². The molecule has 5 N–H and O–H groups in total. The Labute approximate surface area is 103 Å². The van der Waals surface area contributed by atoms with E-state index in [1.165, 1.54) is 0 Å². The summed E-state index contributed by atoms with van der Waals surface area (Å²) in [5.74, 6) is -0.678. The van der Waals surface area contributed by atoms with Crippen molar-refractivity contribution in [2.45, 2.75) is 6.92 Å². The maximum absolute atomic E-state index is 11.1. The highest BCUT2D eigenvalue weighted by molar-refractivity contribution is 6.59. The van der Waals surface area contributed by atoms with Crippen molar-refractivity contribution in [1.82, 2.24) is 15.4 Å². The normalized spacial score (nSPS) is 10.4. The summed E-state index contributed by atoms with van der Waals surface area (Å²) in [7, 11) is -1.54. The Kier molecular flexibility index (Phi) is 3.13. The summed E-state index contributed by atoms with van der Waals surface area (Å²) in [4.78, 5) is 11.1. The first kappa shape index (κ1) is 12.3. The van der Waals surface area contributed by atoms with Crippen molar-refractivity contribution in [2.75, 3.05) is 0 Å². The van der Waals surface area contributed by atoms with Gasteiger partial charge in [-0.1, -0.05) is 23.8 Å². The van der Waals surface area contributed by atoms with E-state index < -0.39 is 13.0 Å². The molecular formula is C10H11BN4O3. The molecule has 7 nitrogen and oxygen atoms in total. The van der Waals surface area contributed by atoms with Gasteiger partial charge >= 0.3 is 7.12 Å². The summed E-state index contributed by atoms with van der Waals surface area (Å²) in [6.07, 6.45) is 0. The Hall–Kier alpha value is -2.19. The Morgan fingerprint density at radius 1 is 1.39 bits per heavy atom. The maximum atomic E-state index is 11.1. The van der Waals surface area contributed by atoms with E-state index in [9.17, 15) is 4.79 Å². The molecule has 0 saturated carbocycles. The van der Waals surface area contributed by atoms with Crippen molar-refractivity contribution in [3.8, 4) is 11.3 Å². The van der Waals surface area contributed by atoms with Crippen LogP contribution in [-0.4, -0.2) is 38.5 Å². The predicted molar refractivity (Wildman–Crippen MR) is 64.9 cm³/mol. The van der Waals surface area contributed by atoms with E-state index in [0.717, 1.165) is 0 Å². The van der Waals surface area contributed by atoms with E-state index >= 15 is 0 Å². The number of amides is 1. The Bertz CT molecular complexity index is 597. The van der Waals surface area contributed by atoms with Crippen LogP contribution in [0.4, 0.5) is 0 Å². The fraction of sp³-hybridized carbons (Fsp3) is 0.100. The number of carbonyl (C=O) groups is 1. The van der Waals surface area contributed by atoms with Crippen LogP contribution in [0.1, 0.15) is 16.1 Å². The molecule has 1 aromatic heterocycles. The second-order valence-electron chi connectivity index (χ2n) is 3.83. The number of aromatic nitrogens is 3. The van der Waals surface area contributed by atoms with Crippen LogP contribution in [0.3, 0.4) is 0 Å². The molecule has 0 aliphatic heterocycles. The van der Waals surface area contributed by atoms with Gasteiger partial charge in [0.2, 0.25) is 0 Å². The minimum Gasteiger partial charge on any atom is -0.423 e. The third-order valence-electron chi connectivity index (χ3n) is 2.60. The van der Waals surface area contributed by atoms with Gasteiger partial charge in [0.05, 0.1) is 0 Å². The molecule has 0 atom stereocenters. The third-order valence-corrected chi connectivity index (χ3v) is 2.60. The van der Waals surface area contributed by atoms with Crippen molar-refractivity contribution in [3.05, 3.63) is 29.5 Å². The molecule has 2 rings (SSSR count). The number of aryl methyl sites for hydroxylation is 1. The van der Waals surface area contributed by atoms with E-state index in [-0.39, 0.29) is 5.69 Å². The molecule has 0 fully saturated rings. The number of nitrogens with two attached hydrogens (primary N) is 1. The van der Waals surface area contributed by atoms with Gasteiger partial charge in [-0.05, 0) is 12.4 Å². The molecule has 0 aliphatic rings. The molecule has 0 radical (unpaired) electrons. The molecular weight excluding hydrogens is 235 g/mol. The lowest BCUT2D eigenvalue weighted by Crippen LogP contribution is -2.31. The minimum absolute atomic E-state index is 0.0479. The molecule has 0 bridgehead atoms. The third kappa shape index (κ3) is 2.11. The highest BCUT2D eigenvalue weighted by Gasteiger charge is 2.18. The van der Waals surface area contributed by atoms with E-state index in [0.29, 0.717) is 22.3 Å².